The van der Waals surface area contributed by atoms with E-state index in [4.69, 9.17) is 0 Å². The lowest BCUT2D eigenvalue weighted by molar-refractivity contribution is 0.0421. The van der Waals surface area contributed by atoms with E-state index in [1.807, 2.05) is 0 Å². The molecule has 2 rings (SSSR count). The van der Waals surface area contributed by atoms with Crippen molar-refractivity contribution in [3.05, 3.63) is 71.3 Å². The topological polar surface area (TPSA) is 0 Å². The quantitative estimate of drug-likeness (QED) is 0.693. The first-order valence-corrected chi connectivity index (χ1v) is 4.90. The predicted octanol–water partition coefficient (Wildman–Crippen LogP) is 4.10. The van der Waals surface area contributed by atoms with Crippen LogP contribution in [0.15, 0.2) is 48.5 Å². The van der Waals surface area contributed by atoms with Gasteiger partial charge in [0.1, 0.15) is 11.6 Å². The fraction of sp³-hybridized carbons (Fsp3) is 0.0769. The zero-order valence-corrected chi connectivity index (χ0v) is 8.63. The molecule has 0 saturated heterocycles. The average Bonchev–Trinajstić information content (AvgIpc) is 2.29. The smallest absolute Gasteiger partial charge is 0.207 e. The lowest BCUT2D eigenvalue weighted by Gasteiger charge is -2.17. The molecule has 0 radical (unpaired) electrons. The van der Waals surface area contributed by atoms with Crippen molar-refractivity contribution in [1.82, 2.24) is 0 Å². The minimum absolute atomic E-state index is 0.301. The van der Waals surface area contributed by atoms with E-state index < -0.39 is 23.1 Å². The first-order valence-electron chi connectivity index (χ1n) is 4.90. The van der Waals surface area contributed by atoms with Crippen molar-refractivity contribution in [2.75, 3.05) is 0 Å². The highest BCUT2D eigenvalue weighted by atomic mass is 19.3. The van der Waals surface area contributed by atoms with Gasteiger partial charge in [0.2, 0.25) is 0 Å². The first-order chi connectivity index (χ1) is 8.00. The largest absolute Gasteiger partial charge is 0.298 e. The maximum atomic E-state index is 13.9. The second-order valence-electron chi connectivity index (χ2n) is 3.60. The molecule has 0 aliphatic heterocycles. The summed E-state index contributed by atoms with van der Waals surface area (Å²) in [7, 11) is 0. The van der Waals surface area contributed by atoms with Gasteiger partial charge in [-0.2, -0.15) is 8.78 Å². The Balaban J connectivity index is 2.51. The summed E-state index contributed by atoms with van der Waals surface area (Å²) >= 11 is 0. The zero-order chi connectivity index (χ0) is 12.5. The van der Waals surface area contributed by atoms with Gasteiger partial charge in [0.25, 0.3) is 5.92 Å². The number of halogens is 4. The van der Waals surface area contributed by atoms with Gasteiger partial charge in [-0.3, -0.25) is 0 Å². The number of hydrogen-bond donors (Lipinski definition) is 0. The van der Waals surface area contributed by atoms with Crippen LogP contribution in [0, 0.1) is 11.6 Å². The van der Waals surface area contributed by atoms with Crippen molar-refractivity contribution in [3.63, 3.8) is 0 Å². The lowest BCUT2D eigenvalue weighted by atomic mass is 10.0. The van der Waals surface area contributed by atoms with Gasteiger partial charge in [0.15, 0.2) is 0 Å². The Labute approximate surface area is 95.5 Å². The molecule has 0 atom stereocenters. The van der Waals surface area contributed by atoms with Crippen LogP contribution in [0.1, 0.15) is 11.1 Å². The Morgan fingerprint density at radius 2 is 1.24 bits per heavy atom. The molecule has 88 valence electrons. The van der Waals surface area contributed by atoms with Gasteiger partial charge in [-0.05, 0) is 12.1 Å². The number of hydrogen-bond acceptors (Lipinski definition) is 0. The van der Waals surface area contributed by atoms with Crippen molar-refractivity contribution in [1.29, 1.82) is 0 Å². The van der Waals surface area contributed by atoms with E-state index in [1.54, 1.807) is 6.07 Å². The van der Waals surface area contributed by atoms with E-state index in [0.717, 1.165) is 0 Å². The van der Waals surface area contributed by atoms with Crippen LogP contribution < -0.4 is 0 Å². The second-order valence-corrected chi connectivity index (χ2v) is 3.60. The van der Waals surface area contributed by atoms with Crippen molar-refractivity contribution in [2.24, 2.45) is 0 Å². The van der Waals surface area contributed by atoms with Crippen LogP contribution in [0.2, 0.25) is 0 Å². The summed E-state index contributed by atoms with van der Waals surface area (Å²) in [6.45, 7) is 0. The van der Waals surface area contributed by atoms with Crippen molar-refractivity contribution in [3.8, 4) is 0 Å². The SMILES string of the molecule is Fc1cc(F)cc(C(F)(F)c2ccccc2)c1. The highest BCUT2D eigenvalue weighted by Crippen LogP contribution is 2.35. The van der Waals surface area contributed by atoms with E-state index in [9.17, 15) is 17.6 Å². The molecular weight excluding hydrogens is 232 g/mol. The highest BCUT2D eigenvalue weighted by molar-refractivity contribution is 5.33. The summed E-state index contributed by atoms with van der Waals surface area (Å²) in [5.74, 6) is -5.45. The Morgan fingerprint density at radius 1 is 0.706 bits per heavy atom. The Hall–Kier alpha value is -1.84. The van der Waals surface area contributed by atoms with Gasteiger partial charge in [-0.25, -0.2) is 8.78 Å². The minimum Gasteiger partial charge on any atom is -0.207 e. The first kappa shape index (κ1) is 11.6. The summed E-state index contributed by atoms with van der Waals surface area (Å²) in [6, 6.07) is 8.73. The third kappa shape index (κ3) is 2.30. The summed E-state index contributed by atoms with van der Waals surface area (Å²) < 4.78 is 53.6. The van der Waals surface area contributed by atoms with E-state index in [-0.39, 0.29) is 5.56 Å². The van der Waals surface area contributed by atoms with Crippen LogP contribution in [0.25, 0.3) is 0 Å². The second kappa shape index (κ2) is 4.20. The van der Waals surface area contributed by atoms with E-state index in [0.29, 0.717) is 18.2 Å². The Bertz CT molecular complexity index is 500. The molecule has 0 aliphatic carbocycles. The summed E-state index contributed by atoms with van der Waals surface area (Å²) in [5.41, 5.74) is -0.994. The summed E-state index contributed by atoms with van der Waals surface area (Å²) in [4.78, 5) is 0. The molecule has 0 nitrogen and oxygen atoms in total. The summed E-state index contributed by atoms with van der Waals surface area (Å²) in [6.07, 6.45) is 0. The Morgan fingerprint density at radius 3 is 1.76 bits per heavy atom. The molecule has 0 fully saturated rings. The van der Waals surface area contributed by atoms with Gasteiger partial charge in [0.05, 0.1) is 0 Å². The number of alkyl halides is 2. The third-order valence-corrected chi connectivity index (χ3v) is 2.36. The minimum atomic E-state index is -3.41. The number of benzene rings is 2. The molecule has 2 aromatic rings. The van der Waals surface area contributed by atoms with E-state index >= 15 is 0 Å². The molecule has 0 bridgehead atoms. The van der Waals surface area contributed by atoms with Gasteiger partial charge in [0, 0.05) is 17.2 Å². The fourth-order valence-corrected chi connectivity index (χ4v) is 1.55. The molecule has 0 N–H and O–H groups in total. The predicted molar refractivity (Wildman–Crippen MR) is 55.8 cm³/mol. The molecule has 0 amide bonds. The molecule has 0 spiro atoms. The van der Waals surface area contributed by atoms with E-state index in [2.05, 4.69) is 0 Å². The number of rotatable bonds is 2. The highest BCUT2D eigenvalue weighted by Gasteiger charge is 2.34. The Kier molecular flexibility index (Phi) is 2.88. The van der Waals surface area contributed by atoms with Gasteiger partial charge in [-0.15, -0.1) is 0 Å². The van der Waals surface area contributed by atoms with Crippen LogP contribution in [0.3, 0.4) is 0 Å². The molecule has 0 aromatic heterocycles. The van der Waals surface area contributed by atoms with Crippen molar-refractivity contribution >= 4 is 0 Å². The van der Waals surface area contributed by atoms with Crippen LogP contribution in [-0.4, -0.2) is 0 Å². The maximum absolute atomic E-state index is 13.9. The van der Waals surface area contributed by atoms with Crippen molar-refractivity contribution < 1.29 is 17.6 Å². The molecule has 0 unspecified atom stereocenters. The normalized spacial score (nSPS) is 11.5. The molecular formula is C13H8F4. The van der Waals surface area contributed by atoms with Crippen LogP contribution in [0.4, 0.5) is 17.6 Å². The monoisotopic (exact) mass is 240 g/mol. The third-order valence-electron chi connectivity index (χ3n) is 2.36. The molecule has 17 heavy (non-hydrogen) atoms. The summed E-state index contributed by atoms with van der Waals surface area (Å²) in [5, 5.41) is 0. The molecule has 2 aromatic carbocycles. The zero-order valence-electron chi connectivity index (χ0n) is 8.63. The molecule has 0 aliphatic rings. The molecule has 4 heteroatoms. The van der Waals surface area contributed by atoms with Gasteiger partial charge in [-0.1, -0.05) is 30.3 Å². The average molecular weight is 240 g/mol. The van der Waals surface area contributed by atoms with Crippen LogP contribution in [-0.2, 0) is 5.92 Å². The standard InChI is InChI=1S/C13H8F4/c14-11-6-10(7-12(15)8-11)13(16,17)9-4-2-1-3-5-9/h1-8H. The maximum Gasteiger partial charge on any atom is 0.298 e. The van der Waals surface area contributed by atoms with Gasteiger partial charge >= 0.3 is 0 Å². The van der Waals surface area contributed by atoms with E-state index in [1.165, 1.54) is 24.3 Å². The molecule has 0 heterocycles. The fourth-order valence-electron chi connectivity index (χ4n) is 1.55. The molecule has 0 saturated carbocycles. The lowest BCUT2D eigenvalue weighted by Crippen LogP contribution is -2.15. The van der Waals surface area contributed by atoms with Crippen LogP contribution >= 0.6 is 0 Å². The van der Waals surface area contributed by atoms with Crippen LogP contribution in [0.5, 0.6) is 0 Å². The van der Waals surface area contributed by atoms with Gasteiger partial charge < -0.3 is 0 Å². The van der Waals surface area contributed by atoms with Crippen molar-refractivity contribution in [2.45, 2.75) is 5.92 Å².